The Balaban J connectivity index is 1.74. The number of imide groups is 1. The van der Waals surface area contributed by atoms with E-state index < -0.39 is 40.0 Å². The maximum Gasteiger partial charge on any atom is 0.311 e. The van der Waals surface area contributed by atoms with E-state index in [1.807, 2.05) is 0 Å². The van der Waals surface area contributed by atoms with Gasteiger partial charge in [-0.25, -0.2) is 0 Å². The largest absolute Gasteiger partial charge is 0.502 e. The zero-order valence-electron chi connectivity index (χ0n) is 14.5. The number of rotatable bonds is 5. The summed E-state index contributed by atoms with van der Waals surface area (Å²) >= 11 is 6.45. The molecule has 0 unspecified atom stereocenters. The third-order valence-corrected chi connectivity index (χ3v) is 4.92. The molecule has 11 heteroatoms. The minimum Gasteiger partial charge on any atom is -0.502 e. The summed E-state index contributed by atoms with van der Waals surface area (Å²) in [6.45, 7) is -0.496. The van der Waals surface area contributed by atoms with Crippen LogP contribution in [-0.2, 0) is 9.59 Å². The van der Waals surface area contributed by atoms with Crippen LogP contribution < -0.4 is 5.32 Å². The molecule has 9 nitrogen and oxygen atoms in total. The van der Waals surface area contributed by atoms with Crippen molar-refractivity contribution < 1.29 is 24.4 Å². The topological polar surface area (TPSA) is 130 Å². The molecule has 2 aromatic carbocycles. The smallest absolute Gasteiger partial charge is 0.311 e. The van der Waals surface area contributed by atoms with Crippen LogP contribution >= 0.6 is 23.4 Å². The number of nitrogens with zero attached hydrogens (tertiary/aromatic N) is 2. The average Bonchev–Trinajstić information content (AvgIpc) is 2.90. The maximum absolute atomic E-state index is 12.5. The summed E-state index contributed by atoms with van der Waals surface area (Å²) in [4.78, 5) is 47.7. The van der Waals surface area contributed by atoms with Crippen LogP contribution in [0.1, 0.15) is 5.56 Å². The molecule has 1 fully saturated rings. The van der Waals surface area contributed by atoms with Crippen LogP contribution in [0.3, 0.4) is 0 Å². The highest BCUT2D eigenvalue weighted by atomic mass is 35.5. The van der Waals surface area contributed by atoms with E-state index in [-0.39, 0.29) is 10.5 Å². The van der Waals surface area contributed by atoms with Crippen LogP contribution in [0.2, 0.25) is 5.02 Å². The Hall–Kier alpha value is -3.37. The van der Waals surface area contributed by atoms with Gasteiger partial charge >= 0.3 is 5.69 Å². The normalized spacial score (nSPS) is 15.1. The quantitative estimate of drug-likeness (QED) is 0.418. The van der Waals surface area contributed by atoms with Gasteiger partial charge in [0.25, 0.3) is 11.1 Å². The van der Waals surface area contributed by atoms with Gasteiger partial charge in [0.05, 0.1) is 9.83 Å². The van der Waals surface area contributed by atoms with Crippen molar-refractivity contribution in [2.75, 3.05) is 11.9 Å². The van der Waals surface area contributed by atoms with Gasteiger partial charge in [-0.15, -0.1) is 0 Å². The molecule has 1 heterocycles. The second-order valence-electron chi connectivity index (χ2n) is 5.83. The first-order valence-corrected chi connectivity index (χ1v) is 9.22. The molecule has 0 bridgehead atoms. The van der Waals surface area contributed by atoms with Crippen molar-refractivity contribution in [2.45, 2.75) is 0 Å². The Morgan fingerprint density at radius 1 is 1.28 bits per heavy atom. The van der Waals surface area contributed by atoms with E-state index in [2.05, 4.69) is 5.32 Å². The highest BCUT2D eigenvalue weighted by Crippen LogP contribution is 2.34. The van der Waals surface area contributed by atoms with Gasteiger partial charge in [-0.05, 0) is 47.7 Å². The third-order valence-electron chi connectivity index (χ3n) is 3.78. The van der Waals surface area contributed by atoms with E-state index in [1.54, 1.807) is 18.2 Å². The van der Waals surface area contributed by atoms with E-state index >= 15 is 0 Å². The van der Waals surface area contributed by atoms with Crippen molar-refractivity contribution >= 4 is 57.9 Å². The third kappa shape index (κ3) is 4.73. The number of halogens is 1. The molecule has 1 aliphatic heterocycles. The van der Waals surface area contributed by atoms with Crippen LogP contribution in [0, 0.1) is 10.1 Å². The average molecular weight is 434 g/mol. The molecule has 2 N–H and O–H groups in total. The zero-order chi connectivity index (χ0) is 21.1. The number of thioether (sulfide) groups is 1. The summed E-state index contributed by atoms with van der Waals surface area (Å²) in [6.07, 6.45) is 1.28. The number of carbonyl (C=O) groups excluding carboxylic acids is 3. The van der Waals surface area contributed by atoms with Crippen molar-refractivity contribution in [3.63, 3.8) is 0 Å². The summed E-state index contributed by atoms with van der Waals surface area (Å²) in [6, 6.07) is 9.95. The standard InChI is InChI=1S/C18H12ClN3O6S/c19-11-2-1-3-12(8-11)20-16(24)9-21-17(25)15(29-18(21)26)7-10-4-5-14(23)13(6-10)22(27)28/h1-8,23H,9H2,(H,20,24)/b15-7-. The highest BCUT2D eigenvalue weighted by Gasteiger charge is 2.36. The highest BCUT2D eigenvalue weighted by molar-refractivity contribution is 8.18. The minimum atomic E-state index is -0.765. The molecule has 2 aromatic rings. The summed E-state index contributed by atoms with van der Waals surface area (Å²) < 4.78 is 0. The number of hydrogen-bond donors (Lipinski definition) is 2. The lowest BCUT2D eigenvalue weighted by atomic mass is 10.1. The van der Waals surface area contributed by atoms with Crippen LogP contribution in [0.4, 0.5) is 16.2 Å². The van der Waals surface area contributed by atoms with Gasteiger partial charge in [-0.1, -0.05) is 23.7 Å². The van der Waals surface area contributed by atoms with Crippen molar-refractivity contribution in [3.8, 4) is 5.75 Å². The summed E-state index contributed by atoms with van der Waals surface area (Å²) in [5.74, 6) is -1.80. The maximum atomic E-state index is 12.5. The number of nitro benzene ring substituents is 1. The van der Waals surface area contributed by atoms with Crippen molar-refractivity contribution in [1.82, 2.24) is 4.90 Å². The molecular formula is C18H12ClN3O6S. The van der Waals surface area contributed by atoms with E-state index in [9.17, 15) is 29.6 Å². The number of amides is 3. The Bertz CT molecular complexity index is 1070. The number of nitrogens with one attached hydrogen (secondary N) is 1. The SMILES string of the molecule is O=C(CN1C(=O)S/C(=C\c2ccc(O)c([N+](=O)[O-])c2)C1=O)Nc1cccc(Cl)c1. The molecule has 0 aromatic heterocycles. The minimum absolute atomic E-state index is 0.00513. The molecule has 0 aliphatic carbocycles. The summed E-state index contributed by atoms with van der Waals surface area (Å²) in [5.41, 5.74) is 0.142. The lowest BCUT2D eigenvalue weighted by molar-refractivity contribution is -0.385. The first kappa shape index (κ1) is 20.4. The fourth-order valence-corrected chi connectivity index (χ4v) is 3.50. The molecule has 0 atom stereocenters. The van der Waals surface area contributed by atoms with E-state index in [1.165, 1.54) is 18.2 Å². The molecular weight excluding hydrogens is 422 g/mol. The Labute approximate surface area is 173 Å². The van der Waals surface area contributed by atoms with E-state index in [0.717, 1.165) is 17.0 Å². The van der Waals surface area contributed by atoms with Crippen molar-refractivity contribution in [1.29, 1.82) is 0 Å². The predicted molar refractivity (Wildman–Crippen MR) is 108 cm³/mol. The Morgan fingerprint density at radius 3 is 2.72 bits per heavy atom. The second kappa shape index (κ2) is 8.33. The fourth-order valence-electron chi connectivity index (χ4n) is 2.47. The Morgan fingerprint density at radius 2 is 2.03 bits per heavy atom. The molecule has 0 saturated carbocycles. The molecule has 1 aliphatic rings. The zero-order valence-corrected chi connectivity index (χ0v) is 16.1. The monoisotopic (exact) mass is 433 g/mol. The van der Waals surface area contributed by atoms with Gasteiger partial charge in [-0.3, -0.25) is 29.4 Å². The van der Waals surface area contributed by atoms with Gasteiger partial charge in [0, 0.05) is 16.8 Å². The molecule has 29 heavy (non-hydrogen) atoms. The molecule has 3 amide bonds. The molecule has 1 saturated heterocycles. The summed E-state index contributed by atoms with van der Waals surface area (Å²) in [5, 5.41) is 22.7. The van der Waals surface area contributed by atoms with Crippen LogP contribution in [0.25, 0.3) is 6.08 Å². The van der Waals surface area contributed by atoms with Crippen LogP contribution in [0.15, 0.2) is 47.4 Å². The van der Waals surface area contributed by atoms with Crippen LogP contribution in [-0.4, -0.2) is 38.5 Å². The number of nitro groups is 1. The number of aromatic hydroxyl groups is 1. The van der Waals surface area contributed by atoms with Gasteiger partial charge in [0.15, 0.2) is 5.75 Å². The van der Waals surface area contributed by atoms with Crippen LogP contribution in [0.5, 0.6) is 5.75 Å². The number of carbonyl (C=O) groups is 3. The van der Waals surface area contributed by atoms with Gasteiger partial charge in [0.2, 0.25) is 5.91 Å². The number of anilines is 1. The second-order valence-corrected chi connectivity index (χ2v) is 7.26. The Kier molecular flexibility index (Phi) is 5.85. The van der Waals surface area contributed by atoms with Gasteiger partial charge < -0.3 is 10.4 Å². The van der Waals surface area contributed by atoms with Crippen molar-refractivity contribution in [3.05, 3.63) is 68.1 Å². The predicted octanol–water partition coefficient (Wildman–Crippen LogP) is 3.63. The molecule has 0 radical (unpaired) electrons. The summed E-state index contributed by atoms with van der Waals surface area (Å²) in [7, 11) is 0. The lowest BCUT2D eigenvalue weighted by Crippen LogP contribution is -2.36. The number of benzene rings is 2. The molecule has 0 spiro atoms. The fraction of sp³-hybridized carbons (Fsp3) is 0.0556. The van der Waals surface area contributed by atoms with Gasteiger partial charge in [-0.2, -0.15) is 0 Å². The van der Waals surface area contributed by atoms with Gasteiger partial charge in [0.1, 0.15) is 6.54 Å². The number of phenolic OH excluding ortho intramolecular Hbond substituents is 1. The van der Waals surface area contributed by atoms with E-state index in [4.69, 9.17) is 11.6 Å². The van der Waals surface area contributed by atoms with E-state index in [0.29, 0.717) is 22.5 Å². The number of hydrogen-bond acceptors (Lipinski definition) is 7. The first-order chi connectivity index (χ1) is 13.7. The molecule has 148 valence electrons. The number of phenols is 1. The van der Waals surface area contributed by atoms with Crippen molar-refractivity contribution in [2.24, 2.45) is 0 Å². The first-order valence-electron chi connectivity index (χ1n) is 8.03. The molecule has 3 rings (SSSR count). The lowest BCUT2D eigenvalue weighted by Gasteiger charge is -2.12.